The average molecular weight is 220 g/mol. The summed E-state index contributed by atoms with van der Waals surface area (Å²) in [6.07, 6.45) is 2.62. The molecule has 0 aliphatic carbocycles. The van der Waals surface area contributed by atoms with Crippen molar-refractivity contribution in [2.45, 2.75) is 26.3 Å². The molecule has 0 radical (unpaired) electrons. The normalized spacial score (nSPS) is 15.8. The molecule has 1 aromatic rings. The molecule has 3 heteroatoms. The van der Waals surface area contributed by atoms with E-state index in [0.717, 1.165) is 6.54 Å². The minimum Gasteiger partial charge on any atom is -0.371 e. The van der Waals surface area contributed by atoms with Gasteiger partial charge in [-0.2, -0.15) is 5.48 Å². The second-order valence-electron chi connectivity index (χ2n) is 4.35. The zero-order valence-electron chi connectivity index (χ0n) is 10.1. The van der Waals surface area contributed by atoms with E-state index in [0.29, 0.717) is 0 Å². The van der Waals surface area contributed by atoms with Crippen LogP contribution in [0, 0.1) is 6.92 Å². The number of nitrogens with one attached hydrogen (secondary N) is 1. The lowest BCUT2D eigenvalue weighted by molar-refractivity contribution is 0.0868. The van der Waals surface area contributed by atoms with Crippen LogP contribution < -0.4 is 10.4 Å². The van der Waals surface area contributed by atoms with Crippen LogP contribution in [-0.2, 0) is 11.4 Å². The first kappa shape index (κ1) is 11.4. The van der Waals surface area contributed by atoms with Gasteiger partial charge in [0.25, 0.3) is 0 Å². The van der Waals surface area contributed by atoms with E-state index < -0.39 is 0 Å². The van der Waals surface area contributed by atoms with E-state index >= 15 is 0 Å². The lowest BCUT2D eigenvalue weighted by atomic mass is 10.1. The fraction of sp³-hybridized carbons (Fsp3) is 0.538. The largest absolute Gasteiger partial charge is 0.371 e. The molecule has 1 aliphatic rings. The van der Waals surface area contributed by atoms with Crippen molar-refractivity contribution in [3.05, 3.63) is 29.3 Å². The molecule has 2 rings (SSSR count). The summed E-state index contributed by atoms with van der Waals surface area (Å²) < 4.78 is 0. The molecule has 0 saturated carbocycles. The van der Waals surface area contributed by atoms with Crippen LogP contribution in [0.3, 0.4) is 0 Å². The van der Waals surface area contributed by atoms with Crippen LogP contribution >= 0.6 is 0 Å². The minimum absolute atomic E-state index is 0.768. The zero-order valence-corrected chi connectivity index (χ0v) is 10.1. The highest BCUT2D eigenvalue weighted by atomic mass is 16.6. The van der Waals surface area contributed by atoms with Gasteiger partial charge in [0.05, 0.1) is 7.11 Å². The highest BCUT2D eigenvalue weighted by Gasteiger charge is 2.15. The van der Waals surface area contributed by atoms with Gasteiger partial charge in [0.15, 0.2) is 0 Å². The van der Waals surface area contributed by atoms with Gasteiger partial charge in [-0.05, 0) is 31.4 Å². The van der Waals surface area contributed by atoms with Crippen LogP contribution in [-0.4, -0.2) is 20.2 Å². The van der Waals surface area contributed by atoms with Crippen LogP contribution in [0.4, 0.5) is 5.69 Å². The maximum Gasteiger partial charge on any atom is 0.0572 e. The number of anilines is 1. The number of hydroxylamine groups is 1. The standard InChI is InChI=1S/C13H20N2O/c1-11-5-6-13(15-7-3-4-8-15)12(9-11)10-14-16-2/h5-6,9,14H,3-4,7-8,10H2,1-2H3. The molecule has 88 valence electrons. The van der Waals surface area contributed by atoms with E-state index in [9.17, 15) is 0 Å². The van der Waals surface area contributed by atoms with Gasteiger partial charge in [0.2, 0.25) is 0 Å². The van der Waals surface area contributed by atoms with Gasteiger partial charge in [-0.3, -0.25) is 0 Å². The number of hydrogen-bond acceptors (Lipinski definition) is 3. The lowest BCUT2D eigenvalue weighted by Gasteiger charge is -2.21. The Morgan fingerprint density at radius 1 is 1.31 bits per heavy atom. The summed E-state index contributed by atoms with van der Waals surface area (Å²) in [6, 6.07) is 6.65. The maximum atomic E-state index is 4.93. The molecule has 0 aromatic heterocycles. The third-order valence-electron chi connectivity index (χ3n) is 3.09. The van der Waals surface area contributed by atoms with E-state index in [4.69, 9.17) is 4.84 Å². The minimum atomic E-state index is 0.768. The molecule has 1 N–H and O–H groups in total. The molecule has 0 bridgehead atoms. The highest BCUT2D eigenvalue weighted by molar-refractivity contribution is 5.55. The third-order valence-corrected chi connectivity index (χ3v) is 3.09. The van der Waals surface area contributed by atoms with Crippen LogP contribution in [0.25, 0.3) is 0 Å². The van der Waals surface area contributed by atoms with E-state index in [1.165, 1.54) is 42.7 Å². The van der Waals surface area contributed by atoms with Crippen molar-refractivity contribution < 1.29 is 4.84 Å². The van der Waals surface area contributed by atoms with Crippen LogP contribution in [0.1, 0.15) is 24.0 Å². The Morgan fingerprint density at radius 2 is 2.06 bits per heavy atom. The second-order valence-corrected chi connectivity index (χ2v) is 4.35. The molecule has 1 aliphatic heterocycles. The Hall–Kier alpha value is -1.06. The summed E-state index contributed by atoms with van der Waals surface area (Å²) in [6.45, 7) is 5.26. The predicted molar refractivity (Wildman–Crippen MR) is 66.5 cm³/mol. The van der Waals surface area contributed by atoms with Gasteiger partial charge in [0, 0.05) is 25.3 Å². The van der Waals surface area contributed by atoms with Crippen molar-refractivity contribution in [3.63, 3.8) is 0 Å². The molecule has 16 heavy (non-hydrogen) atoms. The number of hydrogen-bond donors (Lipinski definition) is 1. The van der Waals surface area contributed by atoms with Crippen LogP contribution in [0.2, 0.25) is 0 Å². The number of benzene rings is 1. The van der Waals surface area contributed by atoms with Gasteiger partial charge < -0.3 is 9.74 Å². The second kappa shape index (κ2) is 5.32. The van der Waals surface area contributed by atoms with Crippen molar-refractivity contribution in [2.24, 2.45) is 0 Å². The number of rotatable bonds is 4. The van der Waals surface area contributed by atoms with Crippen molar-refractivity contribution in [1.29, 1.82) is 0 Å². The van der Waals surface area contributed by atoms with Gasteiger partial charge in [0.1, 0.15) is 0 Å². The molecular formula is C13H20N2O. The van der Waals surface area contributed by atoms with Gasteiger partial charge >= 0.3 is 0 Å². The van der Waals surface area contributed by atoms with Gasteiger partial charge in [-0.25, -0.2) is 0 Å². The molecule has 0 spiro atoms. The zero-order chi connectivity index (χ0) is 11.4. The molecule has 3 nitrogen and oxygen atoms in total. The van der Waals surface area contributed by atoms with E-state index in [1.54, 1.807) is 7.11 Å². The quantitative estimate of drug-likeness (QED) is 0.788. The van der Waals surface area contributed by atoms with Gasteiger partial charge in [-0.1, -0.05) is 17.7 Å². The van der Waals surface area contributed by atoms with E-state index in [1.807, 2.05) is 0 Å². The fourth-order valence-corrected chi connectivity index (χ4v) is 2.27. The Balaban J connectivity index is 2.20. The number of nitrogens with zero attached hydrogens (tertiary/aromatic N) is 1. The summed E-state index contributed by atoms with van der Waals surface area (Å²) in [4.78, 5) is 7.40. The first-order valence-corrected chi connectivity index (χ1v) is 5.91. The summed E-state index contributed by atoms with van der Waals surface area (Å²) in [5.74, 6) is 0. The Labute approximate surface area is 97.4 Å². The maximum absolute atomic E-state index is 4.93. The van der Waals surface area contributed by atoms with E-state index in [-0.39, 0.29) is 0 Å². The van der Waals surface area contributed by atoms with Crippen molar-refractivity contribution in [1.82, 2.24) is 5.48 Å². The topological polar surface area (TPSA) is 24.5 Å². The van der Waals surface area contributed by atoms with E-state index in [2.05, 4.69) is 35.5 Å². The SMILES string of the molecule is CONCc1cc(C)ccc1N1CCCC1. The Bertz CT molecular complexity index is 346. The Kier molecular flexibility index (Phi) is 3.80. The fourth-order valence-electron chi connectivity index (χ4n) is 2.27. The molecule has 1 aromatic carbocycles. The molecule has 1 heterocycles. The molecule has 1 saturated heterocycles. The number of aryl methyl sites for hydroxylation is 1. The third kappa shape index (κ3) is 2.54. The molecule has 0 unspecified atom stereocenters. The Morgan fingerprint density at radius 3 is 2.75 bits per heavy atom. The summed E-state index contributed by atoms with van der Waals surface area (Å²) in [5.41, 5.74) is 6.91. The first-order chi connectivity index (χ1) is 7.81. The van der Waals surface area contributed by atoms with Crippen LogP contribution in [0.5, 0.6) is 0 Å². The van der Waals surface area contributed by atoms with Crippen molar-refractivity contribution >= 4 is 5.69 Å². The lowest BCUT2D eigenvalue weighted by Crippen LogP contribution is -2.21. The highest BCUT2D eigenvalue weighted by Crippen LogP contribution is 2.25. The summed E-state index contributed by atoms with van der Waals surface area (Å²) >= 11 is 0. The van der Waals surface area contributed by atoms with Crippen molar-refractivity contribution in [2.75, 3.05) is 25.1 Å². The van der Waals surface area contributed by atoms with Crippen LogP contribution in [0.15, 0.2) is 18.2 Å². The van der Waals surface area contributed by atoms with Gasteiger partial charge in [-0.15, -0.1) is 0 Å². The molecular weight excluding hydrogens is 200 g/mol. The summed E-state index contributed by atoms with van der Waals surface area (Å²) in [7, 11) is 1.66. The predicted octanol–water partition coefficient (Wildman–Crippen LogP) is 2.25. The monoisotopic (exact) mass is 220 g/mol. The molecule has 0 atom stereocenters. The first-order valence-electron chi connectivity index (χ1n) is 5.91. The summed E-state index contributed by atoms with van der Waals surface area (Å²) in [5, 5.41) is 0. The molecule has 0 amide bonds. The van der Waals surface area contributed by atoms with Crippen molar-refractivity contribution in [3.8, 4) is 0 Å². The molecule has 1 fully saturated rings. The average Bonchev–Trinajstić information content (AvgIpc) is 2.80. The smallest absolute Gasteiger partial charge is 0.0572 e.